The predicted molar refractivity (Wildman–Crippen MR) is 85.1 cm³/mol. The average Bonchev–Trinajstić information content (AvgIpc) is 2.58. The largest absolute Gasteiger partial charge is 0.387 e. The number of halogens is 2. The van der Waals surface area contributed by atoms with Crippen molar-refractivity contribution in [2.45, 2.75) is 12.1 Å². The van der Waals surface area contributed by atoms with Crippen molar-refractivity contribution in [2.75, 3.05) is 19.6 Å². The van der Waals surface area contributed by atoms with Crippen LogP contribution in [0.1, 0.15) is 23.3 Å². The number of amides is 1. The number of nitrogens with zero attached hydrogens (tertiary/aromatic N) is 1. The Morgan fingerprint density at radius 1 is 1.17 bits per heavy atom. The summed E-state index contributed by atoms with van der Waals surface area (Å²) in [5.41, 5.74) is 1.11. The maximum atomic E-state index is 13.4. The van der Waals surface area contributed by atoms with Crippen LogP contribution in [-0.4, -0.2) is 35.5 Å². The molecule has 2 aromatic carbocycles. The summed E-state index contributed by atoms with van der Waals surface area (Å²) in [6.07, 6.45) is -1.02. The maximum absolute atomic E-state index is 13.4. The van der Waals surface area contributed by atoms with Crippen LogP contribution in [0.15, 0.2) is 48.5 Å². The van der Waals surface area contributed by atoms with Crippen LogP contribution in [0.2, 0.25) is 0 Å². The molecular formula is C18H18F2N2O2. The Hall–Kier alpha value is -2.31. The Bertz CT molecular complexity index is 724. The van der Waals surface area contributed by atoms with E-state index >= 15 is 0 Å². The van der Waals surface area contributed by atoms with Gasteiger partial charge in [0.25, 0.3) is 0 Å². The minimum Gasteiger partial charge on any atom is -0.387 e. The van der Waals surface area contributed by atoms with Crippen molar-refractivity contribution in [3.05, 3.63) is 71.3 Å². The zero-order valence-corrected chi connectivity index (χ0v) is 13.0. The van der Waals surface area contributed by atoms with Crippen LogP contribution in [0.5, 0.6) is 0 Å². The molecule has 1 fully saturated rings. The van der Waals surface area contributed by atoms with Gasteiger partial charge in [0, 0.05) is 19.6 Å². The highest BCUT2D eigenvalue weighted by Gasteiger charge is 2.32. The van der Waals surface area contributed by atoms with Gasteiger partial charge in [-0.2, -0.15) is 0 Å². The van der Waals surface area contributed by atoms with Gasteiger partial charge in [-0.1, -0.05) is 36.4 Å². The Balaban J connectivity index is 1.80. The molecule has 2 aromatic rings. The van der Waals surface area contributed by atoms with Crippen molar-refractivity contribution < 1.29 is 18.7 Å². The summed E-state index contributed by atoms with van der Waals surface area (Å²) in [4.78, 5) is 14.1. The minimum atomic E-state index is -1.02. The molecule has 1 amide bonds. The Labute approximate surface area is 138 Å². The zero-order valence-electron chi connectivity index (χ0n) is 13.0. The third-order valence-corrected chi connectivity index (χ3v) is 4.16. The molecule has 2 N–H and O–H groups in total. The van der Waals surface area contributed by atoms with Gasteiger partial charge < -0.3 is 10.4 Å². The molecule has 2 atom stereocenters. The summed E-state index contributed by atoms with van der Waals surface area (Å²) in [5.74, 6) is -2.09. The molecule has 1 aliphatic heterocycles. The molecule has 0 saturated carbocycles. The van der Waals surface area contributed by atoms with Crippen LogP contribution < -0.4 is 5.32 Å². The average molecular weight is 332 g/mol. The number of nitrogens with one attached hydrogen (secondary N) is 1. The summed E-state index contributed by atoms with van der Waals surface area (Å²) in [6.45, 7) is 1.19. The lowest BCUT2D eigenvalue weighted by Crippen LogP contribution is -2.51. The van der Waals surface area contributed by atoms with Gasteiger partial charge in [-0.25, -0.2) is 8.78 Å². The third kappa shape index (κ3) is 3.44. The molecule has 0 bridgehead atoms. The van der Waals surface area contributed by atoms with Crippen molar-refractivity contribution in [3.8, 4) is 0 Å². The molecule has 3 rings (SSSR count). The molecule has 2 unspecified atom stereocenters. The van der Waals surface area contributed by atoms with Crippen LogP contribution >= 0.6 is 0 Å². The number of rotatable bonds is 4. The molecule has 0 aromatic heterocycles. The predicted octanol–water partition coefficient (Wildman–Crippen LogP) is 2.17. The lowest BCUT2D eigenvalue weighted by Gasteiger charge is -2.36. The molecular weight excluding hydrogens is 314 g/mol. The van der Waals surface area contributed by atoms with Gasteiger partial charge in [0.1, 0.15) is 6.04 Å². The Kier molecular flexibility index (Phi) is 4.87. The van der Waals surface area contributed by atoms with Crippen molar-refractivity contribution in [2.24, 2.45) is 0 Å². The highest BCUT2D eigenvalue weighted by atomic mass is 19.2. The fourth-order valence-electron chi connectivity index (χ4n) is 2.96. The second kappa shape index (κ2) is 7.07. The van der Waals surface area contributed by atoms with Gasteiger partial charge in [0.05, 0.1) is 6.10 Å². The van der Waals surface area contributed by atoms with E-state index < -0.39 is 23.8 Å². The van der Waals surface area contributed by atoms with E-state index in [-0.39, 0.29) is 18.0 Å². The van der Waals surface area contributed by atoms with E-state index in [1.807, 2.05) is 35.2 Å². The van der Waals surface area contributed by atoms with E-state index in [9.17, 15) is 18.7 Å². The smallest absolute Gasteiger partial charge is 0.242 e. The van der Waals surface area contributed by atoms with Gasteiger partial charge in [-0.3, -0.25) is 9.69 Å². The van der Waals surface area contributed by atoms with Crippen molar-refractivity contribution >= 4 is 5.91 Å². The van der Waals surface area contributed by atoms with Crippen molar-refractivity contribution in [1.82, 2.24) is 10.2 Å². The highest BCUT2D eigenvalue weighted by molar-refractivity contribution is 5.83. The first kappa shape index (κ1) is 16.5. The Morgan fingerprint density at radius 3 is 2.62 bits per heavy atom. The molecule has 4 nitrogen and oxygen atoms in total. The normalized spacial score (nSPS) is 19.8. The third-order valence-electron chi connectivity index (χ3n) is 4.16. The summed E-state index contributed by atoms with van der Waals surface area (Å²) in [5, 5.41) is 13.2. The summed E-state index contributed by atoms with van der Waals surface area (Å²) in [7, 11) is 0. The van der Waals surface area contributed by atoms with Crippen LogP contribution in [0.4, 0.5) is 8.78 Å². The van der Waals surface area contributed by atoms with Crippen molar-refractivity contribution in [3.63, 3.8) is 0 Å². The molecule has 24 heavy (non-hydrogen) atoms. The van der Waals surface area contributed by atoms with Gasteiger partial charge in [-0.05, 0) is 23.3 Å². The quantitative estimate of drug-likeness (QED) is 0.902. The first-order chi connectivity index (χ1) is 11.6. The SMILES string of the molecule is O=C1NCCN(CC(O)c2ccc(F)c(F)c2)C1c1ccccc1. The molecule has 1 saturated heterocycles. The number of piperazine rings is 1. The standard InChI is InChI=1S/C18H18F2N2O2/c19-14-7-6-13(10-15(14)20)16(23)11-22-9-8-21-18(24)17(22)12-4-2-1-3-5-12/h1-7,10,16-17,23H,8-9,11H2,(H,21,24). The first-order valence-corrected chi connectivity index (χ1v) is 7.76. The second-order valence-corrected chi connectivity index (χ2v) is 5.79. The lowest BCUT2D eigenvalue weighted by atomic mass is 10.0. The molecule has 1 aliphatic rings. The molecule has 0 spiro atoms. The zero-order chi connectivity index (χ0) is 17.1. The number of carbonyl (C=O) groups is 1. The number of β-amino-alcohol motifs (C(OH)–C–C–N with tert-alkyl or cyclic N) is 1. The van der Waals surface area contributed by atoms with Crippen LogP contribution in [0.3, 0.4) is 0 Å². The van der Waals surface area contributed by atoms with Gasteiger partial charge in [0.2, 0.25) is 5.91 Å². The van der Waals surface area contributed by atoms with E-state index in [1.165, 1.54) is 6.07 Å². The lowest BCUT2D eigenvalue weighted by molar-refractivity contribution is -0.130. The fourth-order valence-corrected chi connectivity index (χ4v) is 2.96. The number of hydrogen-bond donors (Lipinski definition) is 2. The second-order valence-electron chi connectivity index (χ2n) is 5.79. The summed E-state index contributed by atoms with van der Waals surface area (Å²) < 4.78 is 26.4. The molecule has 0 aliphatic carbocycles. The van der Waals surface area contributed by atoms with Crippen LogP contribution in [-0.2, 0) is 4.79 Å². The number of hydrogen-bond acceptors (Lipinski definition) is 3. The van der Waals surface area contributed by atoms with E-state index in [1.54, 1.807) is 0 Å². The monoisotopic (exact) mass is 332 g/mol. The summed E-state index contributed by atoms with van der Waals surface area (Å²) in [6, 6.07) is 12.1. The summed E-state index contributed by atoms with van der Waals surface area (Å²) >= 11 is 0. The van der Waals surface area contributed by atoms with E-state index in [2.05, 4.69) is 5.32 Å². The topological polar surface area (TPSA) is 52.6 Å². The molecule has 1 heterocycles. The van der Waals surface area contributed by atoms with Gasteiger partial charge >= 0.3 is 0 Å². The maximum Gasteiger partial charge on any atom is 0.242 e. The molecule has 6 heteroatoms. The highest BCUT2D eigenvalue weighted by Crippen LogP contribution is 2.26. The number of carbonyl (C=O) groups excluding carboxylic acids is 1. The number of benzene rings is 2. The number of aliphatic hydroxyl groups excluding tert-OH is 1. The van der Waals surface area contributed by atoms with Crippen molar-refractivity contribution in [1.29, 1.82) is 0 Å². The first-order valence-electron chi connectivity index (χ1n) is 7.76. The molecule has 0 radical (unpaired) electrons. The van der Waals surface area contributed by atoms with Gasteiger partial charge in [-0.15, -0.1) is 0 Å². The number of aliphatic hydroxyl groups is 1. The Morgan fingerprint density at radius 2 is 1.92 bits per heavy atom. The van der Waals surface area contributed by atoms with Crippen LogP contribution in [0.25, 0.3) is 0 Å². The minimum absolute atomic E-state index is 0.134. The fraction of sp³-hybridized carbons (Fsp3) is 0.278. The van der Waals surface area contributed by atoms with E-state index in [0.717, 1.165) is 17.7 Å². The molecule has 126 valence electrons. The van der Waals surface area contributed by atoms with Crippen LogP contribution in [0, 0.1) is 11.6 Å². The van der Waals surface area contributed by atoms with Gasteiger partial charge in [0.15, 0.2) is 11.6 Å². The van der Waals surface area contributed by atoms with E-state index in [4.69, 9.17) is 0 Å². The van der Waals surface area contributed by atoms with E-state index in [0.29, 0.717) is 13.1 Å².